The fourth-order valence-electron chi connectivity index (χ4n) is 2.48. The number of hydrogen-bond donors (Lipinski definition) is 3. The molecule has 0 fully saturated rings. The van der Waals surface area contributed by atoms with Crippen LogP contribution >= 0.6 is 0 Å². The van der Waals surface area contributed by atoms with E-state index in [1.807, 2.05) is 41.5 Å². The second-order valence-electron chi connectivity index (χ2n) is 9.53. The monoisotopic (exact) mass is 373 g/mol. The highest BCUT2D eigenvalue weighted by Crippen LogP contribution is 2.28. The first kappa shape index (κ1) is 24.5. The van der Waals surface area contributed by atoms with Crippen molar-refractivity contribution < 1.29 is 19.1 Å². The standard InChI is InChI=1S/C19H39N3O4/c1-17(2,3)25-15(23)21-10-9-19(7,8)11-14(12-20)13-22-16(24)26-18(4,5)6/h14H,9-13,20H2,1-8H3,(H,21,23)(H,22,24). The van der Waals surface area contributed by atoms with E-state index in [0.29, 0.717) is 19.6 Å². The molecule has 0 rings (SSSR count). The van der Waals surface area contributed by atoms with Crippen molar-refractivity contribution in [1.82, 2.24) is 10.6 Å². The Bertz CT molecular complexity index is 451. The number of rotatable bonds is 8. The maximum Gasteiger partial charge on any atom is 0.407 e. The van der Waals surface area contributed by atoms with E-state index in [4.69, 9.17) is 15.2 Å². The van der Waals surface area contributed by atoms with Crippen molar-refractivity contribution in [3.63, 3.8) is 0 Å². The molecule has 0 spiro atoms. The molecule has 1 unspecified atom stereocenters. The summed E-state index contributed by atoms with van der Waals surface area (Å²) in [5.41, 5.74) is 4.80. The van der Waals surface area contributed by atoms with Crippen molar-refractivity contribution in [1.29, 1.82) is 0 Å². The van der Waals surface area contributed by atoms with E-state index in [2.05, 4.69) is 24.5 Å². The van der Waals surface area contributed by atoms with Crippen LogP contribution in [0.15, 0.2) is 0 Å². The first-order valence-electron chi connectivity index (χ1n) is 9.27. The van der Waals surface area contributed by atoms with Crippen LogP contribution in [-0.2, 0) is 9.47 Å². The van der Waals surface area contributed by atoms with Gasteiger partial charge in [-0.15, -0.1) is 0 Å². The third-order valence-corrected chi connectivity index (χ3v) is 3.58. The van der Waals surface area contributed by atoms with Crippen LogP contribution in [-0.4, -0.2) is 43.0 Å². The number of hydrogen-bond acceptors (Lipinski definition) is 5. The molecule has 0 bridgehead atoms. The van der Waals surface area contributed by atoms with E-state index in [1.54, 1.807) is 0 Å². The summed E-state index contributed by atoms with van der Waals surface area (Å²) in [7, 11) is 0. The Kier molecular flexibility index (Phi) is 9.42. The zero-order valence-corrected chi connectivity index (χ0v) is 17.8. The summed E-state index contributed by atoms with van der Waals surface area (Å²) in [6.07, 6.45) is 0.778. The first-order valence-corrected chi connectivity index (χ1v) is 9.27. The predicted octanol–water partition coefficient (Wildman–Crippen LogP) is 3.42. The quantitative estimate of drug-likeness (QED) is 0.605. The van der Waals surface area contributed by atoms with Crippen LogP contribution in [0.3, 0.4) is 0 Å². The van der Waals surface area contributed by atoms with E-state index in [0.717, 1.165) is 12.8 Å². The molecule has 7 nitrogen and oxygen atoms in total. The third-order valence-electron chi connectivity index (χ3n) is 3.58. The van der Waals surface area contributed by atoms with Crippen molar-refractivity contribution in [2.24, 2.45) is 17.1 Å². The van der Waals surface area contributed by atoms with Gasteiger partial charge < -0.3 is 25.8 Å². The lowest BCUT2D eigenvalue weighted by Gasteiger charge is -2.30. The van der Waals surface area contributed by atoms with E-state index < -0.39 is 23.4 Å². The third kappa shape index (κ3) is 13.8. The molecule has 154 valence electrons. The molecular weight excluding hydrogens is 334 g/mol. The molecule has 4 N–H and O–H groups in total. The van der Waals surface area contributed by atoms with Gasteiger partial charge >= 0.3 is 12.2 Å². The summed E-state index contributed by atoms with van der Waals surface area (Å²) in [6, 6.07) is 0. The molecular formula is C19H39N3O4. The van der Waals surface area contributed by atoms with Gasteiger partial charge in [-0.3, -0.25) is 0 Å². The summed E-state index contributed by atoms with van der Waals surface area (Å²) in [6.45, 7) is 16.7. The summed E-state index contributed by atoms with van der Waals surface area (Å²) in [4.78, 5) is 23.5. The van der Waals surface area contributed by atoms with Gasteiger partial charge in [-0.1, -0.05) is 13.8 Å². The van der Waals surface area contributed by atoms with Crippen LogP contribution in [0.25, 0.3) is 0 Å². The molecule has 0 aromatic carbocycles. The number of nitrogens with one attached hydrogen (secondary N) is 2. The minimum absolute atomic E-state index is 0.0331. The second kappa shape index (κ2) is 10.00. The Labute approximate surface area is 158 Å². The van der Waals surface area contributed by atoms with Crippen molar-refractivity contribution in [3.05, 3.63) is 0 Å². The molecule has 7 heteroatoms. The number of nitrogens with two attached hydrogens (primary N) is 1. The topological polar surface area (TPSA) is 103 Å². The smallest absolute Gasteiger partial charge is 0.407 e. The van der Waals surface area contributed by atoms with Crippen LogP contribution in [0.1, 0.15) is 68.2 Å². The lowest BCUT2D eigenvalue weighted by Crippen LogP contribution is -2.39. The fourth-order valence-corrected chi connectivity index (χ4v) is 2.48. The average molecular weight is 374 g/mol. The van der Waals surface area contributed by atoms with Gasteiger partial charge in [-0.05, 0) is 72.3 Å². The van der Waals surface area contributed by atoms with Crippen LogP contribution in [0.2, 0.25) is 0 Å². The van der Waals surface area contributed by atoms with Gasteiger partial charge in [0.15, 0.2) is 0 Å². The predicted molar refractivity (Wildman–Crippen MR) is 104 cm³/mol. The Morgan fingerprint density at radius 3 is 1.77 bits per heavy atom. The zero-order valence-electron chi connectivity index (χ0n) is 17.8. The highest BCUT2D eigenvalue weighted by molar-refractivity contribution is 5.67. The van der Waals surface area contributed by atoms with Crippen molar-refractivity contribution >= 4 is 12.2 Å². The average Bonchev–Trinajstić information content (AvgIpc) is 2.39. The number of carbonyl (C=O) groups excluding carboxylic acids is 2. The summed E-state index contributed by atoms with van der Waals surface area (Å²) >= 11 is 0. The largest absolute Gasteiger partial charge is 0.444 e. The van der Waals surface area contributed by atoms with Gasteiger partial charge in [0.25, 0.3) is 0 Å². The number of alkyl carbamates (subject to hydrolysis) is 2. The zero-order chi connectivity index (χ0) is 20.6. The Morgan fingerprint density at radius 2 is 1.35 bits per heavy atom. The molecule has 0 saturated heterocycles. The van der Waals surface area contributed by atoms with E-state index >= 15 is 0 Å². The van der Waals surface area contributed by atoms with E-state index in [-0.39, 0.29) is 11.3 Å². The fraction of sp³-hybridized carbons (Fsp3) is 0.895. The number of ether oxygens (including phenoxy) is 2. The van der Waals surface area contributed by atoms with Crippen LogP contribution < -0.4 is 16.4 Å². The molecule has 0 saturated carbocycles. The van der Waals surface area contributed by atoms with Gasteiger partial charge in [0.2, 0.25) is 0 Å². The highest BCUT2D eigenvalue weighted by atomic mass is 16.6. The van der Waals surface area contributed by atoms with E-state index in [9.17, 15) is 9.59 Å². The van der Waals surface area contributed by atoms with Gasteiger partial charge in [0.05, 0.1) is 0 Å². The van der Waals surface area contributed by atoms with Gasteiger partial charge in [0, 0.05) is 13.1 Å². The van der Waals surface area contributed by atoms with Crippen LogP contribution in [0, 0.1) is 11.3 Å². The van der Waals surface area contributed by atoms with Gasteiger partial charge in [-0.25, -0.2) is 9.59 Å². The molecule has 26 heavy (non-hydrogen) atoms. The summed E-state index contributed by atoms with van der Waals surface area (Å²) in [5, 5.41) is 5.56. The van der Waals surface area contributed by atoms with Gasteiger partial charge in [0.1, 0.15) is 11.2 Å². The Morgan fingerprint density at radius 1 is 0.885 bits per heavy atom. The molecule has 1 atom stereocenters. The van der Waals surface area contributed by atoms with Crippen molar-refractivity contribution in [3.8, 4) is 0 Å². The molecule has 0 heterocycles. The molecule has 0 aliphatic rings. The van der Waals surface area contributed by atoms with Gasteiger partial charge in [-0.2, -0.15) is 0 Å². The second-order valence-corrected chi connectivity index (χ2v) is 9.53. The molecule has 0 aromatic rings. The molecule has 0 aliphatic carbocycles. The lowest BCUT2D eigenvalue weighted by molar-refractivity contribution is 0.0497. The molecule has 0 aromatic heterocycles. The van der Waals surface area contributed by atoms with Crippen molar-refractivity contribution in [2.45, 2.75) is 79.4 Å². The normalized spacial score (nSPS) is 13.7. The minimum atomic E-state index is -0.519. The summed E-state index contributed by atoms with van der Waals surface area (Å²) < 4.78 is 10.5. The lowest BCUT2D eigenvalue weighted by atomic mass is 9.80. The van der Waals surface area contributed by atoms with E-state index in [1.165, 1.54) is 0 Å². The molecule has 0 radical (unpaired) electrons. The van der Waals surface area contributed by atoms with Crippen LogP contribution in [0.4, 0.5) is 9.59 Å². The van der Waals surface area contributed by atoms with Crippen molar-refractivity contribution in [2.75, 3.05) is 19.6 Å². The first-order chi connectivity index (χ1) is 11.6. The molecule has 2 amide bonds. The number of amides is 2. The number of carbonyl (C=O) groups is 2. The maximum absolute atomic E-state index is 11.8. The van der Waals surface area contributed by atoms with Crippen LogP contribution in [0.5, 0.6) is 0 Å². The molecule has 0 aliphatic heterocycles. The maximum atomic E-state index is 11.8. The summed E-state index contributed by atoms with van der Waals surface area (Å²) in [5.74, 6) is 0.138. The Hall–Kier alpha value is -1.50. The highest BCUT2D eigenvalue weighted by Gasteiger charge is 2.24. The minimum Gasteiger partial charge on any atom is -0.444 e. The Balaban J connectivity index is 4.30. The SMILES string of the molecule is CC(C)(CCNC(=O)OC(C)(C)C)CC(CN)CNC(=O)OC(C)(C)C.